The van der Waals surface area contributed by atoms with Crippen molar-refractivity contribution >= 4 is 22.6 Å². The number of aryl methyl sites for hydroxylation is 1. The third kappa shape index (κ3) is 2.43. The van der Waals surface area contributed by atoms with Gasteiger partial charge in [-0.3, -0.25) is 4.98 Å². The molecule has 0 spiro atoms. The van der Waals surface area contributed by atoms with Gasteiger partial charge in [0.05, 0.1) is 11.9 Å². The fourth-order valence-electron chi connectivity index (χ4n) is 2.76. The molecule has 0 radical (unpaired) electrons. The third-order valence-corrected chi connectivity index (χ3v) is 4.11. The van der Waals surface area contributed by atoms with Gasteiger partial charge in [0.15, 0.2) is 5.65 Å². The van der Waals surface area contributed by atoms with E-state index in [1.54, 1.807) is 29.3 Å². The lowest BCUT2D eigenvalue weighted by Gasteiger charge is -2.07. The molecule has 3 heterocycles. The molecule has 24 heavy (non-hydrogen) atoms. The number of hydrogen-bond acceptors (Lipinski definition) is 3. The number of rotatable bonds is 2. The Labute approximate surface area is 142 Å². The highest BCUT2D eigenvalue weighted by Crippen LogP contribution is 2.30. The maximum Gasteiger partial charge on any atom is 0.163 e. The monoisotopic (exact) mass is 338 g/mol. The molecule has 0 aliphatic carbocycles. The van der Waals surface area contributed by atoms with E-state index in [1.807, 2.05) is 25.3 Å². The lowest BCUT2D eigenvalue weighted by molar-refractivity contribution is 0.626. The van der Waals surface area contributed by atoms with Crippen LogP contribution in [0.5, 0.6) is 0 Å². The Bertz CT molecular complexity index is 1040. The van der Waals surface area contributed by atoms with Gasteiger partial charge in [0, 0.05) is 34.6 Å². The molecule has 6 heteroatoms. The summed E-state index contributed by atoms with van der Waals surface area (Å²) in [6.45, 7) is 2.03. The lowest BCUT2D eigenvalue weighted by Crippen LogP contribution is -1.98. The molecule has 0 aliphatic rings. The maximum atomic E-state index is 13.7. The summed E-state index contributed by atoms with van der Waals surface area (Å²) >= 11 is 5.96. The van der Waals surface area contributed by atoms with E-state index >= 15 is 0 Å². The molecule has 0 fully saturated rings. The van der Waals surface area contributed by atoms with Gasteiger partial charge in [0.25, 0.3) is 0 Å². The molecule has 0 N–H and O–H groups in total. The highest BCUT2D eigenvalue weighted by Gasteiger charge is 2.13. The van der Waals surface area contributed by atoms with Crippen molar-refractivity contribution in [2.75, 3.05) is 0 Å². The van der Waals surface area contributed by atoms with Gasteiger partial charge in [-0.15, -0.1) is 0 Å². The van der Waals surface area contributed by atoms with Gasteiger partial charge in [-0.1, -0.05) is 11.6 Å². The van der Waals surface area contributed by atoms with Crippen LogP contribution < -0.4 is 0 Å². The molecule has 1 aromatic carbocycles. The van der Waals surface area contributed by atoms with Crippen molar-refractivity contribution in [2.45, 2.75) is 6.92 Å². The number of benzene rings is 1. The van der Waals surface area contributed by atoms with Crippen molar-refractivity contribution in [3.63, 3.8) is 0 Å². The highest BCUT2D eigenvalue weighted by atomic mass is 35.5. The first kappa shape index (κ1) is 14.8. The first-order chi connectivity index (χ1) is 11.6. The maximum absolute atomic E-state index is 13.7. The number of aromatic nitrogens is 4. The fourth-order valence-corrected chi connectivity index (χ4v) is 2.98. The van der Waals surface area contributed by atoms with Crippen LogP contribution in [0, 0.1) is 12.7 Å². The minimum absolute atomic E-state index is 0.313. The Morgan fingerprint density at radius 2 is 1.92 bits per heavy atom. The number of nitrogens with zero attached hydrogens (tertiary/aromatic N) is 4. The Morgan fingerprint density at radius 1 is 1.04 bits per heavy atom. The van der Waals surface area contributed by atoms with E-state index in [2.05, 4.69) is 15.1 Å². The van der Waals surface area contributed by atoms with Crippen molar-refractivity contribution in [3.8, 4) is 16.8 Å². The molecule has 4 rings (SSSR count). The zero-order valence-corrected chi connectivity index (χ0v) is 13.5. The molecule has 3 aromatic heterocycles. The lowest BCUT2D eigenvalue weighted by atomic mass is 10.0. The van der Waals surface area contributed by atoms with Gasteiger partial charge in [-0.05, 0) is 48.4 Å². The van der Waals surface area contributed by atoms with Crippen LogP contribution in [-0.2, 0) is 0 Å². The summed E-state index contributed by atoms with van der Waals surface area (Å²) in [5.74, 6) is -0.416. The van der Waals surface area contributed by atoms with Crippen LogP contribution in [0.25, 0.3) is 27.8 Å². The number of fused-ring (bicyclic) bond motifs is 1. The van der Waals surface area contributed by atoms with Crippen LogP contribution in [0.1, 0.15) is 5.56 Å². The van der Waals surface area contributed by atoms with E-state index in [0.717, 1.165) is 22.1 Å². The number of halogens is 2. The van der Waals surface area contributed by atoms with E-state index < -0.39 is 5.82 Å². The average molecular weight is 339 g/mol. The summed E-state index contributed by atoms with van der Waals surface area (Å²) in [5, 5.41) is 5.55. The molecule has 0 saturated heterocycles. The van der Waals surface area contributed by atoms with Gasteiger partial charge < -0.3 is 0 Å². The first-order valence-corrected chi connectivity index (χ1v) is 7.71. The molecule has 4 aromatic rings. The molecule has 118 valence electrons. The number of pyridine rings is 2. The van der Waals surface area contributed by atoms with E-state index in [9.17, 15) is 4.39 Å². The summed E-state index contributed by atoms with van der Waals surface area (Å²) in [5.41, 5.74) is 4.28. The Hall–Kier alpha value is -2.79. The Balaban J connectivity index is 1.96. The smallest absolute Gasteiger partial charge is 0.163 e. The number of hydrogen-bond donors (Lipinski definition) is 0. The van der Waals surface area contributed by atoms with Gasteiger partial charge in [-0.25, -0.2) is 14.1 Å². The second-order valence-electron chi connectivity index (χ2n) is 5.47. The Morgan fingerprint density at radius 3 is 2.71 bits per heavy atom. The normalized spacial score (nSPS) is 11.1. The topological polar surface area (TPSA) is 43.6 Å². The van der Waals surface area contributed by atoms with Gasteiger partial charge in [-0.2, -0.15) is 5.10 Å². The molecule has 4 nitrogen and oxygen atoms in total. The summed E-state index contributed by atoms with van der Waals surface area (Å²) < 4.78 is 15.2. The molecular weight excluding hydrogens is 327 g/mol. The predicted molar refractivity (Wildman–Crippen MR) is 91.8 cm³/mol. The standard InChI is InChI=1S/C18H12ClFN4/c1-11-2-4-21-9-16(11)15-3-5-22-18-17(15)10-23-24(18)14-7-12(19)6-13(20)8-14/h2-10H,1H3. The zero-order valence-electron chi connectivity index (χ0n) is 12.7. The summed E-state index contributed by atoms with van der Waals surface area (Å²) in [4.78, 5) is 8.61. The Kier molecular flexibility index (Phi) is 3.50. The van der Waals surface area contributed by atoms with E-state index in [0.29, 0.717) is 16.4 Å². The summed E-state index contributed by atoms with van der Waals surface area (Å²) in [6, 6.07) is 8.17. The molecule has 0 saturated carbocycles. The molecular formula is C18H12ClFN4. The SMILES string of the molecule is Cc1ccncc1-c1ccnc2c1cnn2-c1cc(F)cc(Cl)c1. The van der Waals surface area contributed by atoms with E-state index in [4.69, 9.17) is 11.6 Å². The predicted octanol–water partition coefficient (Wildman–Crippen LogP) is 4.58. The third-order valence-electron chi connectivity index (χ3n) is 3.89. The fraction of sp³-hybridized carbons (Fsp3) is 0.0556. The van der Waals surface area contributed by atoms with Crippen LogP contribution >= 0.6 is 11.6 Å². The minimum Gasteiger partial charge on any atom is -0.264 e. The van der Waals surface area contributed by atoms with Crippen molar-refractivity contribution in [2.24, 2.45) is 0 Å². The van der Waals surface area contributed by atoms with E-state index in [1.165, 1.54) is 12.1 Å². The summed E-state index contributed by atoms with van der Waals surface area (Å²) in [6.07, 6.45) is 7.02. The van der Waals surface area contributed by atoms with Gasteiger partial charge >= 0.3 is 0 Å². The minimum atomic E-state index is -0.416. The van der Waals surface area contributed by atoms with Crippen molar-refractivity contribution in [1.82, 2.24) is 19.7 Å². The van der Waals surface area contributed by atoms with Crippen molar-refractivity contribution in [3.05, 3.63) is 71.5 Å². The first-order valence-electron chi connectivity index (χ1n) is 7.33. The second kappa shape index (κ2) is 5.69. The van der Waals surface area contributed by atoms with Crippen LogP contribution in [0.15, 0.2) is 55.1 Å². The zero-order chi connectivity index (χ0) is 16.7. The highest BCUT2D eigenvalue weighted by molar-refractivity contribution is 6.30. The average Bonchev–Trinajstić information content (AvgIpc) is 2.98. The van der Waals surface area contributed by atoms with Crippen LogP contribution in [0.4, 0.5) is 4.39 Å². The second-order valence-corrected chi connectivity index (χ2v) is 5.91. The largest absolute Gasteiger partial charge is 0.264 e. The molecule has 0 atom stereocenters. The van der Waals surface area contributed by atoms with Crippen LogP contribution in [0.3, 0.4) is 0 Å². The quantitative estimate of drug-likeness (QED) is 0.537. The molecule has 0 aliphatic heterocycles. The molecule has 0 bridgehead atoms. The van der Waals surface area contributed by atoms with Gasteiger partial charge in [0.2, 0.25) is 0 Å². The van der Waals surface area contributed by atoms with Crippen LogP contribution in [0.2, 0.25) is 5.02 Å². The van der Waals surface area contributed by atoms with Crippen molar-refractivity contribution < 1.29 is 4.39 Å². The van der Waals surface area contributed by atoms with Crippen molar-refractivity contribution in [1.29, 1.82) is 0 Å². The molecule has 0 amide bonds. The van der Waals surface area contributed by atoms with E-state index in [-0.39, 0.29) is 0 Å². The van der Waals surface area contributed by atoms with Gasteiger partial charge in [0.1, 0.15) is 5.82 Å². The summed E-state index contributed by atoms with van der Waals surface area (Å²) in [7, 11) is 0. The van der Waals surface area contributed by atoms with Crippen LogP contribution in [-0.4, -0.2) is 19.7 Å². The molecule has 0 unspecified atom stereocenters.